The molecule has 142 valence electrons. The standard InChI is InChI=1S/C22H21N3O3/c26-20-5-4-15-8-14(11-23-22(15)24-20)3-6-21(27)25-12-17-9-16(10-18(17)13-25)19-2-1-7-28-19/h1-3,6-9,11,17-18H,4-5,10,12-13H2,(H,23,24,26). The summed E-state index contributed by atoms with van der Waals surface area (Å²) >= 11 is 0. The largest absolute Gasteiger partial charge is 0.465 e. The summed E-state index contributed by atoms with van der Waals surface area (Å²) in [6, 6.07) is 5.90. The molecule has 5 rings (SSSR count). The minimum atomic E-state index is 0.00214. The van der Waals surface area contributed by atoms with Gasteiger partial charge in [-0.05, 0) is 65.7 Å². The van der Waals surface area contributed by atoms with Crippen LogP contribution < -0.4 is 5.32 Å². The number of amides is 2. The van der Waals surface area contributed by atoms with Gasteiger partial charge in [-0.2, -0.15) is 0 Å². The Morgan fingerprint density at radius 3 is 3.07 bits per heavy atom. The Hall–Kier alpha value is -3.15. The van der Waals surface area contributed by atoms with E-state index in [-0.39, 0.29) is 11.8 Å². The van der Waals surface area contributed by atoms with Crippen LogP contribution in [-0.2, 0) is 16.0 Å². The zero-order valence-electron chi connectivity index (χ0n) is 15.4. The minimum absolute atomic E-state index is 0.00214. The number of hydrogen-bond acceptors (Lipinski definition) is 4. The van der Waals surface area contributed by atoms with E-state index in [4.69, 9.17) is 4.42 Å². The number of anilines is 1. The van der Waals surface area contributed by atoms with Gasteiger partial charge in [-0.15, -0.1) is 0 Å². The molecule has 2 aliphatic heterocycles. The number of carbonyl (C=O) groups is 2. The van der Waals surface area contributed by atoms with Crippen molar-refractivity contribution < 1.29 is 14.0 Å². The molecule has 1 aliphatic carbocycles. The minimum Gasteiger partial charge on any atom is -0.465 e. The van der Waals surface area contributed by atoms with Crippen molar-refractivity contribution in [1.82, 2.24) is 9.88 Å². The summed E-state index contributed by atoms with van der Waals surface area (Å²) in [5.41, 5.74) is 3.15. The van der Waals surface area contributed by atoms with Gasteiger partial charge in [0.15, 0.2) is 0 Å². The van der Waals surface area contributed by atoms with Crippen molar-refractivity contribution in [3.8, 4) is 0 Å². The van der Waals surface area contributed by atoms with Crippen molar-refractivity contribution in [2.45, 2.75) is 19.3 Å². The number of rotatable bonds is 3. The lowest BCUT2D eigenvalue weighted by Gasteiger charge is -2.16. The van der Waals surface area contributed by atoms with Gasteiger partial charge in [0, 0.05) is 31.8 Å². The SMILES string of the molecule is O=C1CCc2cc(C=CC(=O)N3CC4C=C(c5ccco5)CC4C3)cnc2N1. The van der Waals surface area contributed by atoms with E-state index in [1.165, 1.54) is 5.57 Å². The van der Waals surface area contributed by atoms with Crippen LogP contribution in [0.5, 0.6) is 0 Å². The van der Waals surface area contributed by atoms with Crippen molar-refractivity contribution in [2.75, 3.05) is 18.4 Å². The van der Waals surface area contributed by atoms with Gasteiger partial charge in [0.1, 0.15) is 11.6 Å². The summed E-state index contributed by atoms with van der Waals surface area (Å²) in [7, 11) is 0. The van der Waals surface area contributed by atoms with Crippen LogP contribution in [0, 0.1) is 11.8 Å². The Labute approximate surface area is 162 Å². The highest BCUT2D eigenvalue weighted by Crippen LogP contribution is 2.41. The maximum absolute atomic E-state index is 12.6. The second-order valence-corrected chi connectivity index (χ2v) is 7.70. The molecule has 0 spiro atoms. The second kappa shape index (κ2) is 6.78. The topological polar surface area (TPSA) is 75.4 Å². The molecule has 2 aromatic rings. The molecule has 2 atom stereocenters. The van der Waals surface area contributed by atoms with Crippen molar-refractivity contribution in [2.24, 2.45) is 11.8 Å². The van der Waals surface area contributed by atoms with Crippen molar-refractivity contribution in [1.29, 1.82) is 0 Å². The predicted molar refractivity (Wildman–Crippen MR) is 105 cm³/mol. The fourth-order valence-corrected chi connectivity index (χ4v) is 4.37. The Morgan fingerprint density at radius 1 is 1.32 bits per heavy atom. The number of hydrogen-bond donors (Lipinski definition) is 1. The summed E-state index contributed by atoms with van der Waals surface area (Å²) in [6.45, 7) is 1.54. The van der Waals surface area contributed by atoms with Gasteiger partial charge in [0.05, 0.1) is 6.26 Å². The highest BCUT2D eigenvalue weighted by molar-refractivity contribution is 5.94. The van der Waals surface area contributed by atoms with E-state index in [0.717, 1.165) is 36.4 Å². The van der Waals surface area contributed by atoms with Crippen molar-refractivity contribution in [3.63, 3.8) is 0 Å². The number of aryl methyl sites for hydroxylation is 1. The van der Waals surface area contributed by atoms with Gasteiger partial charge in [0.2, 0.25) is 11.8 Å². The van der Waals surface area contributed by atoms with E-state index in [1.807, 2.05) is 29.2 Å². The maximum Gasteiger partial charge on any atom is 0.246 e. The second-order valence-electron chi connectivity index (χ2n) is 7.70. The van der Waals surface area contributed by atoms with Crippen molar-refractivity contribution >= 4 is 29.3 Å². The van der Waals surface area contributed by atoms with Crippen LogP contribution >= 0.6 is 0 Å². The number of aromatic nitrogens is 1. The Balaban J connectivity index is 1.23. The third-order valence-corrected chi connectivity index (χ3v) is 5.82. The lowest BCUT2D eigenvalue weighted by molar-refractivity contribution is -0.125. The first kappa shape index (κ1) is 17.0. The van der Waals surface area contributed by atoms with Crippen LogP contribution in [0.2, 0.25) is 0 Å². The Morgan fingerprint density at radius 2 is 2.25 bits per heavy atom. The first-order valence-electron chi connectivity index (χ1n) is 9.66. The van der Waals surface area contributed by atoms with E-state index in [1.54, 1.807) is 18.5 Å². The van der Waals surface area contributed by atoms with E-state index >= 15 is 0 Å². The molecule has 2 unspecified atom stereocenters. The summed E-state index contributed by atoms with van der Waals surface area (Å²) < 4.78 is 5.50. The molecule has 0 aromatic carbocycles. The van der Waals surface area contributed by atoms with E-state index < -0.39 is 0 Å². The van der Waals surface area contributed by atoms with E-state index in [0.29, 0.717) is 30.5 Å². The number of pyridine rings is 1. The summed E-state index contributed by atoms with van der Waals surface area (Å²) in [6.07, 6.45) is 11.2. The van der Waals surface area contributed by atoms with Gasteiger partial charge < -0.3 is 14.6 Å². The fraction of sp³-hybridized carbons (Fsp3) is 0.318. The molecule has 1 fully saturated rings. The maximum atomic E-state index is 12.6. The van der Waals surface area contributed by atoms with Crippen LogP contribution in [0.3, 0.4) is 0 Å². The third-order valence-electron chi connectivity index (χ3n) is 5.82. The smallest absolute Gasteiger partial charge is 0.246 e. The Kier molecular flexibility index (Phi) is 4.11. The van der Waals surface area contributed by atoms with Crippen LogP contribution in [0.1, 0.15) is 29.7 Å². The molecule has 6 nitrogen and oxygen atoms in total. The molecular formula is C22H21N3O3. The number of carbonyl (C=O) groups excluding carboxylic acids is 2. The number of furan rings is 1. The average molecular weight is 375 g/mol. The predicted octanol–water partition coefficient (Wildman–Crippen LogP) is 3.13. The van der Waals surface area contributed by atoms with Gasteiger partial charge in [-0.1, -0.05) is 6.08 Å². The van der Waals surface area contributed by atoms with Crippen LogP contribution in [-0.4, -0.2) is 34.8 Å². The molecule has 0 bridgehead atoms. The zero-order valence-corrected chi connectivity index (χ0v) is 15.4. The molecule has 4 heterocycles. The number of likely N-dealkylation sites (tertiary alicyclic amines) is 1. The Bertz CT molecular complexity index is 990. The molecule has 3 aliphatic rings. The monoisotopic (exact) mass is 375 g/mol. The van der Waals surface area contributed by atoms with E-state index in [2.05, 4.69) is 16.4 Å². The lowest BCUT2D eigenvalue weighted by Crippen LogP contribution is -2.27. The molecule has 1 N–H and O–H groups in total. The highest BCUT2D eigenvalue weighted by atomic mass is 16.3. The first-order chi connectivity index (χ1) is 13.7. The number of fused-ring (bicyclic) bond motifs is 2. The number of nitrogens with zero attached hydrogens (tertiary/aromatic N) is 2. The lowest BCUT2D eigenvalue weighted by atomic mass is 9.99. The number of allylic oxidation sites excluding steroid dienone is 1. The molecule has 0 saturated carbocycles. The van der Waals surface area contributed by atoms with Crippen LogP contribution in [0.15, 0.2) is 47.2 Å². The number of nitrogens with one attached hydrogen (secondary N) is 1. The highest BCUT2D eigenvalue weighted by Gasteiger charge is 2.38. The average Bonchev–Trinajstić information content (AvgIpc) is 3.41. The molecule has 1 saturated heterocycles. The van der Waals surface area contributed by atoms with Crippen LogP contribution in [0.25, 0.3) is 11.6 Å². The normalized spacial score (nSPS) is 23.5. The van der Waals surface area contributed by atoms with Gasteiger partial charge in [0.25, 0.3) is 0 Å². The fourth-order valence-electron chi connectivity index (χ4n) is 4.37. The molecular weight excluding hydrogens is 354 g/mol. The van der Waals surface area contributed by atoms with Crippen LogP contribution in [0.4, 0.5) is 5.82 Å². The first-order valence-corrected chi connectivity index (χ1v) is 9.66. The molecule has 0 radical (unpaired) electrons. The summed E-state index contributed by atoms with van der Waals surface area (Å²) in [5, 5.41) is 2.77. The van der Waals surface area contributed by atoms with Gasteiger partial charge in [-0.3, -0.25) is 9.59 Å². The van der Waals surface area contributed by atoms with Gasteiger partial charge >= 0.3 is 0 Å². The van der Waals surface area contributed by atoms with E-state index in [9.17, 15) is 9.59 Å². The summed E-state index contributed by atoms with van der Waals surface area (Å²) in [4.78, 5) is 30.3. The van der Waals surface area contributed by atoms with Crippen molar-refractivity contribution in [3.05, 3.63) is 59.7 Å². The summed E-state index contributed by atoms with van der Waals surface area (Å²) in [5.74, 6) is 2.50. The zero-order chi connectivity index (χ0) is 19.1. The molecule has 2 aromatic heterocycles. The molecule has 6 heteroatoms. The molecule has 28 heavy (non-hydrogen) atoms. The third kappa shape index (κ3) is 3.15. The quantitative estimate of drug-likeness (QED) is 0.837. The van der Waals surface area contributed by atoms with Gasteiger partial charge in [-0.25, -0.2) is 4.98 Å². The molecule has 2 amide bonds.